The van der Waals surface area contributed by atoms with Crippen molar-refractivity contribution in [2.45, 2.75) is 56.5 Å². The van der Waals surface area contributed by atoms with Crippen LogP contribution in [0.5, 0.6) is 0 Å². The molecule has 0 aliphatic rings. The molecule has 3 amide bonds. The van der Waals surface area contributed by atoms with Gasteiger partial charge in [0.15, 0.2) is 12.0 Å². The number of carbonyl (C=O) groups is 4. The number of nitrogens with two attached hydrogens (primary N) is 3. The maximum Gasteiger partial charge on any atom is 0.328 e. The first-order valence-electron chi connectivity index (χ1n) is 10.7. The maximum atomic E-state index is 12.9. The Labute approximate surface area is 207 Å². The van der Waals surface area contributed by atoms with Crippen molar-refractivity contribution in [1.82, 2.24) is 25.9 Å². The minimum absolute atomic E-state index is 0.109. The summed E-state index contributed by atoms with van der Waals surface area (Å²) in [4.78, 5) is 59.8. The zero-order valence-corrected chi connectivity index (χ0v) is 20.1. The number of hydrogen-bond acceptors (Lipinski definition) is 9. The number of aliphatic hydroxyl groups excluding tert-OH is 1. The molecule has 0 aliphatic carbocycles. The van der Waals surface area contributed by atoms with E-state index in [4.69, 9.17) is 22.3 Å². The van der Waals surface area contributed by atoms with Crippen molar-refractivity contribution < 1.29 is 29.4 Å². The van der Waals surface area contributed by atoms with Crippen LogP contribution in [-0.4, -0.2) is 92.4 Å². The fraction of sp³-hybridized carbons (Fsp3) is 0.579. The van der Waals surface area contributed by atoms with Crippen LogP contribution in [0.3, 0.4) is 0 Å². The Morgan fingerprint density at radius 1 is 1.14 bits per heavy atom. The Morgan fingerprint density at radius 3 is 2.29 bits per heavy atom. The largest absolute Gasteiger partial charge is 0.480 e. The highest BCUT2D eigenvalue weighted by Crippen LogP contribution is 2.04. The van der Waals surface area contributed by atoms with Crippen molar-refractivity contribution in [3.05, 3.63) is 18.2 Å². The summed E-state index contributed by atoms with van der Waals surface area (Å²) in [6, 6.07) is -4.93. The lowest BCUT2D eigenvalue weighted by Gasteiger charge is -2.25. The van der Waals surface area contributed by atoms with Crippen LogP contribution in [0.2, 0.25) is 0 Å². The number of carboxylic acid groups (broad SMARTS) is 1. The summed E-state index contributed by atoms with van der Waals surface area (Å²) in [5, 5.41) is 25.8. The Hall–Kier alpha value is -3.37. The van der Waals surface area contributed by atoms with E-state index in [2.05, 4.69) is 43.5 Å². The number of amides is 3. The van der Waals surface area contributed by atoms with Crippen molar-refractivity contribution in [3.8, 4) is 0 Å². The minimum Gasteiger partial charge on any atom is -0.480 e. The van der Waals surface area contributed by atoms with Gasteiger partial charge in [-0.3, -0.25) is 19.4 Å². The van der Waals surface area contributed by atoms with Crippen molar-refractivity contribution in [2.24, 2.45) is 22.2 Å². The monoisotopic (exact) mass is 515 g/mol. The van der Waals surface area contributed by atoms with Gasteiger partial charge in [0.05, 0.1) is 18.5 Å². The molecule has 1 aromatic heterocycles. The fourth-order valence-corrected chi connectivity index (χ4v) is 3.14. The first kappa shape index (κ1) is 29.7. The molecule has 0 spiro atoms. The normalized spacial score (nSPS) is 15.1. The Balaban J connectivity index is 2.89. The van der Waals surface area contributed by atoms with Crippen LogP contribution in [0.15, 0.2) is 17.5 Å². The lowest BCUT2D eigenvalue weighted by molar-refractivity contribution is -0.145. The van der Waals surface area contributed by atoms with E-state index in [-0.39, 0.29) is 31.1 Å². The predicted octanol–water partition coefficient (Wildman–Crippen LogP) is -3.82. The van der Waals surface area contributed by atoms with Crippen LogP contribution in [0.25, 0.3) is 0 Å². The third kappa shape index (κ3) is 10.6. The number of aromatic amines is 1. The molecular weight excluding hydrogens is 482 g/mol. The van der Waals surface area contributed by atoms with Gasteiger partial charge in [-0.05, 0) is 19.8 Å². The average Bonchev–Trinajstić information content (AvgIpc) is 3.29. The molecule has 0 fully saturated rings. The van der Waals surface area contributed by atoms with E-state index >= 15 is 0 Å². The van der Waals surface area contributed by atoms with E-state index in [9.17, 15) is 24.3 Å². The quantitative estimate of drug-likeness (QED) is 0.0470. The molecule has 0 aromatic carbocycles. The van der Waals surface area contributed by atoms with Gasteiger partial charge in [0, 0.05) is 30.6 Å². The number of aromatic nitrogens is 2. The van der Waals surface area contributed by atoms with Crippen molar-refractivity contribution in [2.75, 3.05) is 12.3 Å². The summed E-state index contributed by atoms with van der Waals surface area (Å²) >= 11 is 4.04. The van der Waals surface area contributed by atoms with Gasteiger partial charge in [-0.25, -0.2) is 9.78 Å². The lowest BCUT2D eigenvalue weighted by atomic mass is 10.1. The average molecular weight is 516 g/mol. The van der Waals surface area contributed by atoms with E-state index in [1.807, 2.05) is 0 Å². The zero-order valence-electron chi connectivity index (χ0n) is 19.2. The molecule has 16 heteroatoms. The second-order valence-electron chi connectivity index (χ2n) is 7.71. The number of hydrogen-bond donors (Lipinski definition) is 10. The SMILES string of the molecule is C[C@@H](O)[C@H](NC(=O)[C@H](CS)NC(=O)[C@H](CCCN=C(N)N)NC(=O)[C@@H](N)Cc1cnc[nH]1)C(=O)O. The molecule has 1 rings (SSSR count). The molecule has 1 aromatic rings. The topological polar surface area (TPSA) is 264 Å². The molecule has 5 atom stereocenters. The van der Waals surface area contributed by atoms with Crippen molar-refractivity contribution in [3.63, 3.8) is 0 Å². The second kappa shape index (κ2) is 14.8. The number of carbonyl (C=O) groups excluding carboxylic acids is 3. The first-order valence-corrected chi connectivity index (χ1v) is 11.3. The summed E-state index contributed by atoms with van der Waals surface area (Å²) in [5.41, 5.74) is 17.2. The van der Waals surface area contributed by atoms with Crippen LogP contribution in [-0.2, 0) is 25.6 Å². The molecule has 0 radical (unpaired) electrons. The van der Waals surface area contributed by atoms with E-state index < -0.39 is 54.0 Å². The van der Waals surface area contributed by atoms with Gasteiger partial charge in [0.1, 0.15) is 12.1 Å². The summed E-state index contributed by atoms with van der Waals surface area (Å²) in [6.07, 6.45) is 2.14. The molecule has 12 N–H and O–H groups in total. The number of rotatable bonds is 15. The van der Waals surface area contributed by atoms with Gasteiger partial charge in [0.2, 0.25) is 17.7 Å². The molecule has 196 valence electrons. The van der Waals surface area contributed by atoms with Crippen LogP contribution in [0, 0.1) is 0 Å². The highest BCUT2D eigenvalue weighted by atomic mass is 32.1. The number of H-pyrrole nitrogens is 1. The summed E-state index contributed by atoms with van der Waals surface area (Å²) in [5.74, 6) is -3.98. The molecule has 35 heavy (non-hydrogen) atoms. The van der Waals surface area contributed by atoms with Crippen LogP contribution < -0.4 is 33.2 Å². The Kier molecular flexibility index (Phi) is 12.5. The van der Waals surface area contributed by atoms with Crippen molar-refractivity contribution >= 4 is 42.3 Å². The summed E-state index contributed by atoms with van der Waals surface area (Å²) in [6.45, 7) is 1.38. The second-order valence-corrected chi connectivity index (χ2v) is 8.07. The maximum absolute atomic E-state index is 12.9. The number of aliphatic carboxylic acids is 1. The standard InChI is InChI=1S/C19H33N9O6S/c1-9(29)14(18(33)34)28-17(32)13(7-35)27-16(31)12(3-2-4-24-19(21)22)26-15(30)11(20)5-10-6-23-8-25-10/h6,8-9,11-14,29,35H,2-5,7,20H2,1H3,(H,23,25)(H,26,30)(H,27,31)(H,28,32)(H,33,34)(H4,21,22,24)/t9-,11+,12+,13+,14+/m1/s1. The highest BCUT2D eigenvalue weighted by Gasteiger charge is 2.31. The molecule has 0 saturated heterocycles. The lowest BCUT2D eigenvalue weighted by Crippen LogP contribution is -2.59. The van der Waals surface area contributed by atoms with E-state index in [0.717, 1.165) is 0 Å². The zero-order chi connectivity index (χ0) is 26.5. The highest BCUT2D eigenvalue weighted by molar-refractivity contribution is 7.80. The van der Waals surface area contributed by atoms with Gasteiger partial charge in [-0.15, -0.1) is 0 Å². The number of aliphatic imine (C=N–C) groups is 1. The number of aliphatic hydroxyl groups is 1. The Morgan fingerprint density at radius 2 is 1.77 bits per heavy atom. The summed E-state index contributed by atoms with van der Waals surface area (Å²) in [7, 11) is 0. The van der Waals surface area contributed by atoms with E-state index in [1.54, 1.807) is 0 Å². The first-order chi connectivity index (χ1) is 16.5. The Bertz CT molecular complexity index is 876. The van der Waals surface area contributed by atoms with Gasteiger partial charge in [-0.2, -0.15) is 12.6 Å². The van der Waals surface area contributed by atoms with E-state index in [1.165, 1.54) is 19.4 Å². The van der Waals surface area contributed by atoms with Gasteiger partial charge in [0.25, 0.3) is 0 Å². The van der Waals surface area contributed by atoms with Crippen LogP contribution in [0.1, 0.15) is 25.5 Å². The number of nitrogens with zero attached hydrogens (tertiary/aromatic N) is 2. The van der Waals surface area contributed by atoms with E-state index in [0.29, 0.717) is 12.1 Å². The van der Waals surface area contributed by atoms with Gasteiger partial charge < -0.3 is 48.3 Å². The number of thiol groups is 1. The van der Waals surface area contributed by atoms with Crippen LogP contribution >= 0.6 is 12.6 Å². The number of imidazole rings is 1. The third-order valence-electron chi connectivity index (χ3n) is 4.77. The fourth-order valence-electron chi connectivity index (χ4n) is 2.89. The minimum atomic E-state index is -1.59. The number of nitrogens with one attached hydrogen (secondary N) is 4. The molecular formula is C19H33N9O6S. The number of carboxylic acids is 1. The van der Waals surface area contributed by atoms with Crippen LogP contribution in [0.4, 0.5) is 0 Å². The predicted molar refractivity (Wildman–Crippen MR) is 129 cm³/mol. The number of guanidine groups is 1. The molecule has 15 nitrogen and oxygen atoms in total. The molecule has 0 aliphatic heterocycles. The van der Waals surface area contributed by atoms with Gasteiger partial charge in [-0.1, -0.05) is 0 Å². The molecule has 1 heterocycles. The summed E-state index contributed by atoms with van der Waals surface area (Å²) < 4.78 is 0. The molecule has 0 bridgehead atoms. The smallest absolute Gasteiger partial charge is 0.328 e. The molecule has 0 saturated carbocycles. The van der Waals surface area contributed by atoms with Crippen molar-refractivity contribution in [1.29, 1.82) is 0 Å². The van der Waals surface area contributed by atoms with Gasteiger partial charge >= 0.3 is 5.97 Å². The molecule has 0 unspecified atom stereocenters. The third-order valence-corrected chi connectivity index (χ3v) is 5.14.